The molecule has 0 saturated heterocycles. The molecule has 1 radical (unpaired) electrons. The maximum absolute atomic E-state index is 10.3. The van der Waals surface area contributed by atoms with Gasteiger partial charge in [0.05, 0.1) is 6.57 Å². The molecule has 2 aromatic heterocycles. The molecule has 137 valence electrons. The van der Waals surface area contributed by atoms with Crippen LogP contribution in [-0.4, -0.2) is 22.9 Å². The van der Waals surface area contributed by atoms with E-state index >= 15 is 0 Å². The van der Waals surface area contributed by atoms with Crippen molar-refractivity contribution in [3.05, 3.63) is 84.0 Å². The third-order valence-electron chi connectivity index (χ3n) is 2.95. The van der Waals surface area contributed by atoms with Crippen LogP contribution in [-0.2, 0) is 30.2 Å². The molecule has 0 aliphatic rings. The summed E-state index contributed by atoms with van der Waals surface area (Å²) in [5.74, 6) is 0. The topological polar surface area (TPSA) is 108 Å². The van der Waals surface area contributed by atoms with Crippen LogP contribution in [0.4, 0.5) is 5.69 Å². The van der Waals surface area contributed by atoms with Gasteiger partial charge in [0.25, 0.3) is 0 Å². The quantitative estimate of drug-likeness (QED) is 0.384. The maximum Gasteiger partial charge on any atom is 0.312 e. The van der Waals surface area contributed by atoms with Crippen molar-refractivity contribution < 1.29 is 33.1 Å². The number of nitriles is 1. The Hall–Kier alpha value is -2.94. The fourth-order valence-corrected chi connectivity index (χ4v) is 2.28. The minimum Gasteiger partial charge on any atom is -0.295 e. The van der Waals surface area contributed by atoms with E-state index in [0.717, 1.165) is 0 Å². The molecule has 2 heterocycles. The molecular weight excluding hydrogens is 545 g/mol. The molecule has 3 rings (SSSR count). The van der Waals surface area contributed by atoms with Gasteiger partial charge in [-0.25, -0.2) is 10.2 Å². The van der Waals surface area contributed by atoms with Gasteiger partial charge >= 0.3 is 10.1 Å². The molecule has 0 saturated carbocycles. The van der Waals surface area contributed by atoms with E-state index in [-0.39, 0.29) is 25.1 Å². The molecule has 9 heteroatoms. The normalized spacial score (nSPS) is 9.59. The van der Waals surface area contributed by atoms with E-state index in [2.05, 4.69) is 20.9 Å². The molecule has 3 aromatic rings. The second-order valence-electron chi connectivity index (χ2n) is 4.75. The van der Waals surface area contributed by atoms with Crippen molar-refractivity contribution in [2.24, 2.45) is 0 Å². The van der Waals surface area contributed by atoms with Crippen LogP contribution >= 0.6 is 0 Å². The summed E-state index contributed by atoms with van der Waals surface area (Å²) in [6.45, 7) is 6.96. The summed E-state index contributed by atoms with van der Waals surface area (Å²) in [5.41, 5.74) is 2.17. The minimum absolute atomic E-state index is 0. The van der Waals surface area contributed by atoms with Crippen molar-refractivity contribution in [2.45, 2.75) is 5.03 Å². The van der Waals surface area contributed by atoms with Gasteiger partial charge in [0, 0.05) is 38.2 Å². The van der Waals surface area contributed by atoms with E-state index in [9.17, 15) is 8.42 Å². The monoisotopic (exact) mass is 556 g/mol. The molecular formula is C18H11IrN4O3S-. The van der Waals surface area contributed by atoms with Crippen molar-refractivity contribution in [1.29, 1.82) is 5.26 Å². The van der Waals surface area contributed by atoms with Gasteiger partial charge in [-0.1, -0.05) is 23.8 Å². The Balaban J connectivity index is 0.000000288. The predicted molar refractivity (Wildman–Crippen MR) is 93.5 cm³/mol. The van der Waals surface area contributed by atoms with Crippen molar-refractivity contribution in [2.75, 3.05) is 0 Å². The average Bonchev–Trinajstić information content (AvgIpc) is 2.68. The number of benzene rings is 1. The molecule has 0 bridgehead atoms. The van der Waals surface area contributed by atoms with Gasteiger partial charge in [0.2, 0.25) is 0 Å². The van der Waals surface area contributed by atoms with Crippen molar-refractivity contribution in [3.8, 4) is 17.3 Å². The standard InChI is InChI=1S/C13H6N3.C5H5NO3S.Ir/c1-15-12-7-10(9-14)6-11(8-12)13-4-2-3-5-16-13;7-10(8,9)5-3-1-2-4-6-5;/h2-5,7-8H;1-4H,(H,7,8,9);/q-1;;. The minimum atomic E-state index is -4.11. The molecule has 1 N–H and O–H groups in total. The molecule has 27 heavy (non-hydrogen) atoms. The molecule has 0 atom stereocenters. The SMILES string of the molecule is O=S(=O)(O)c1ccccn1.[C-]#[N+]c1cc(C#N)[c-]c(-c2ccccn2)c1.[Ir]. The first-order valence-corrected chi connectivity index (χ1v) is 8.53. The first kappa shape index (κ1) is 22.1. The molecule has 0 fully saturated rings. The second-order valence-corrected chi connectivity index (χ2v) is 6.12. The molecule has 0 spiro atoms. The van der Waals surface area contributed by atoms with Gasteiger partial charge in [-0.05, 0) is 24.3 Å². The van der Waals surface area contributed by atoms with Crippen LogP contribution in [0.25, 0.3) is 16.1 Å². The van der Waals surface area contributed by atoms with E-state index in [1.165, 1.54) is 24.4 Å². The van der Waals surface area contributed by atoms with E-state index in [4.69, 9.17) is 16.4 Å². The Morgan fingerprint density at radius 3 is 2.22 bits per heavy atom. The average molecular weight is 556 g/mol. The van der Waals surface area contributed by atoms with Gasteiger partial charge in [0.1, 0.15) is 5.69 Å². The number of rotatable bonds is 2. The number of aromatic nitrogens is 2. The molecule has 7 nitrogen and oxygen atoms in total. The summed E-state index contributed by atoms with van der Waals surface area (Å²) < 4.78 is 29.1. The zero-order valence-electron chi connectivity index (χ0n) is 13.6. The summed E-state index contributed by atoms with van der Waals surface area (Å²) in [6.07, 6.45) is 2.96. The van der Waals surface area contributed by atoms with E-state index in [1.54, 1.807) is 18.3 Å². The second kappa shape index (κ2) is 10.3. The van der Waals surface area contributed by atoms with Crippen molar-refractivity contribution in [1.82, 2.24) is 9.97 Å². The Morgan fingerprint density at radius 1 is 1.11 bits per heavy atom. The van der Waals surface area contributed by atoms with Crippen LogP contribution in [0, 0.1) is 24.0 Å². The molecule has 1 aromatic carbocycles. The first-order valence-electron chi connectivity index (χ1n) is 7.09. The van der Waals surface area contributed by atoms with Crippen LogP contribution in [0.5, 0.6) is 0 Å². The van der Waals surface area contributed by atoms with Gasteiger partial charge in [-0.15, -0.1) is 23.8 Å². The molecule has 0 unspecified atom stereocenters. The summed E-state index contributed by atoms with van der Waals surface area (Å²) in [6, 6.07) is 17.8. The third-order valence-corrected chi connectivity index (χ3v) is 3.72. The van der Waals surface area contributed by atoms with E-state index in [1.807, 2.05) is 24.3 Å². The fourth-order valence-electron chi connectivity index (χ4n) is 1.84. The fraction of sp³-hybridized carbons (Fsp3) is 0. The Labute approximate surface area is 170 Å². The Kier molecular flexibility index (Phi) is 8.40. The van der Waals surface area contributed by atoms with Gasteiger partial charge < -0.3 is 0 Å². The zero-order chi connectivity index (χ0) is 19.0. The largest absolute Gasteiger partial charge is 0.312 e. The van der Waals surface area contributed by atoms with Crippen LogP contribution in [0.1, 0.15) is 5.56 Å². The Morgan fingerprint density at radius 2 is 1.78 bits per heavy atom. The predicted octanol–water partition coefficient (Wildman–Crippen LogP) is 3.30. The Bertz CT molecular complexity index is 1040. The number of hydrogen-bond donors (Lipinski definition) is 1. The third kappa shape index (κ3) is 6.70. The molecule has 0 aliphatic heterocycles. The first-order chi connectivity index (χ1) is 12.4. The summed E-state index contributed by atoms with van der Waals surface area (Å²) in [7, 11) is -4.11. The van der Waals surface area contributed by atoms with Crippen LogP contribution in [0.3, 0.4) is 0 Å². The van der Waals surface area contributed by atoms with Crippen molar-refractivity contribution >= 4 is 15.8 Å². The number of pyridine rings is 2. The zero-order valence-corrected chi connectivity index (χ0v) is 16.8. The number of hydrogen-bond acceptors (Lipinski definition) is 5. The summed E-state index contributed by atoms with van der Waals surface area (Å²) in [5, 5.41) is 8.50. The summed E-state index contributed by atoms with van der Waals surface area (Å²) in [4.78, 5) is 10.9. The van der Waals surface area contributed by atoms with Gasteiger partial charge in [-0.2, -0.15) is 8.42 Å². The van der Waals surface area contributed by atoms with Crippen LogP contribution in [0.15, 0.2) is 66.0 Å². The number of nitrogens with zero attached hydrogens (tertiary/aromatic N) is 4. The smallest absolute Gasteiger partial charge is 0.295 e. The van der Waals surface area contributed by atoms with Gasteiger partial charge in [-0.3, -0.25) is 14.4 Å². The van der Waals surface area contributed by atoms with E-state index in [0.29, 0.717) is 22.5 Å². The molecule has 0 aliphatic carbocycles. The molecule has 0 amide bonds. The van der Waals surface area contributed by atoms with E-state index < -0.39 is 10.1 Å². The van der Waals surface area contributed by atoms with Crippen LogP contribution in [0.2, 0.25) is 0 Å². The van der Waals surface area contributed by atoms with Crippen LogP contribution < -0.4 is 0 Å². The van der Waals surface area contributed by atoms with Crippen molar-refractivity contribution in [3.63, 3.8) is 0 Å². The summed E-state index contributed by atoms with van der Waals surface area (Å²) >= 11 is 0. The maximum atomic E-state index is 10.3. The van der Waals surface area contributed by atoms with Gasteiger partial charge in [0.15, 0.2) is 5.03 Å².